The van der Waals surface area contributed by atoms with E-state index < -0.39 is 10.0 Å². The topological polar surface area (TPSA) is 58.6 Å². The van der Waals surface area contributed by atoms with Gasteiger partial charge in [0, 0.05) is 31.1 Å². The number of thioether (sulfide) groups is 1. The molecule has 0 amide bonds. The third-order valence-electron chi connectivity index (χ3n) is 3.40. The lowest BCUT2D eigenvalue weighted by molar-refractivity contribution is 0.394. The second kappa shape index (κ2) is 7.49. The largest absolute Gasteiger partial charge is 0.495 e. The summed E-state index contributed by atoms with van der Waals surface area (Å²) in [7, 11) is -1.96. The fraction of sp³-hybridized carbons (Fsp3) is 0.571. The summed E-state index contributed by atoms with van der Waals surface area (Å²) in [4.78, 5) is 0.261. The van der Waals surface area contributed by atoms with Crippen molar-refractivity contribution < 1.29 is 13.2 Å². The van der Waals surface area contributed by atoms with Gasteiger partial charge in [0.15, 0.2) is 0 Å². The highest BCUT2D eigenvalue weighted by Gasteiger charge is 2.29. The van der Waals surface area contributed by atoms with Crippen LogP contribution in [0.5, 0.6) is 5.75 Å². The van der Waals surface area contributed by atoms with Crippen molar-refractivity contribution in [2.45, 2.75) is 18.4 Å². The van der Waals surface area contributed by atoms with Gasteiger partial charge >= 0.3 is 0 Å². The molecule has 1 aromatic carbocycles. The van der Waals surface area contributed by atoms with E-state index in [1.54, 1.807) is 28.2 Å². The molecule has 1 aliphatic rings. The van der Waals surface area contributed by atoms with Crippen LogP contribution in [0.2, 0.25) is 0 Å². The predicted molar refractivity (Wildman–Crippen MR) is 86.5 cm³/mol. The van der Waals surface area contributed by atoms with Gasteiger partial charge in [0.1, 0.15) is 10.6 Å². The summed E-state index contributed by atoms with van der Waals surface area (Å²) < 4.78 is 32.3. The number of ether oxygens (including phenoxy) is 1. The molecule has 1 heterocycles. The van der Waals surface area contributed by atoms with E-state index in [1.807, 2.05) is 13.0 Å². The molecule has 0 saturated carbocycles. The maximum absolute atomic E-state index is 12.7. The lowest BCUT2D eigenvalue weighted by Crippen LogP contribution is -2.38. The second-order valence-electron chi connectivity index (χ2n) is 4.78. The summed E-state index contributed by atoms with van der Waals surface area (Å²) in [6, 6.07) is 5.30. The lowest BCUT2D eigenvalue weighted by Gasteiger charge is -2.26. The van der Waals surface area contributed by atoms with Crippen LogP contribution in [0, 0.1) is 0 Å². The molecule has 1 N–H and O–H groups in total. The normalized spacial score (nSPS) is 16.9. The van der Waals surface area contributed by atoms with Crippen molar-refractivity contribution in [1.29, 1.82) is 0 Å². The van der Waals surface area contributed by atoms with Crippen molar-refractivity contribution in [2.24, 2.45) is 0 Å². The van der Waals surface area contributed by atoms with E-state index >= 15 is 0 Å². The van der Waals surface area contributed by atoms with Gasteiger partial charge in [-0.15, -0.1) is 0 Å². The van der Waals surface area contributed by atoms with Gasteiger partial charge in [-0.05, 0) is 24.2 Å². The smallest absolute Gasteiger partial charge is 0.246 e. The Morgan fingerprint density at radius 3 is 2.67 bits per heavy atom. The minimum absolute atomic E-state index is 0.261. The molecule has 0 aliphatic carbocycles. The molecule has 5 nitrogen and oxygen atoms in total. The van der Waals surface area contributed by atoms with Crippen molar-refractivity contribution in [3.05, 3.63) is 23.8 Å². The zero-order chi connectivity index (χ0) is 15.3. The number of rotatable bonds is 6. The molecule has 0 unspecified atom stereocenters. The van der Waals surface area contributed by atoms with Crippen LogP contribution in [0.25, 0.3) is 0 Å². The van der Waals surface area contributed by atoms with E-state index in [0.717, 1.165) is 23.6 Å². The van der Waals surface area contributed by atoms with Gasteiger partial charge < -0.3 is 10.1 Å². The van der Waals surface area contributed by atoms with Gasteiger partial charge in [-0.3, -0.25) is 0 Å². The molecule has 0 aromatic heterocycles. The van der Waals surface area contributed by atoms with Crippen LogP contribution >= 0.6 is 11.8 Å². The van der Waals surface area contributed by atoms with E-state index in [2.05, 4.69) is 5.32 Å². The van der Waals surface area contributed by atoms with Gasteiger partial charge in [-0.2, -0.15) is 16.1 Å². The molecule has 7 heteroatoms. The minimum Gasteiger partial charge on any atom is -0.495 e. The molecule has 0 bridgehead atoms. The molecule has 0 radical (unpaired) electrons. The Bertz CT molecular complexity index is 570. The number of nitrogens with zero attached hydrogens (tertiary/aromatic N) is 1. The number of benzene rings is 1. The molecule has 1 aliphatic heterocycles. The summed E-state index contributed by atoms with van der Waals surface area (Å²) in [6.07, 6.45) is 0. The van der Waals surface area contributed by atoms with Crippen molar-refractivity contribution in [3.8, 4) is 5.75 Å². The Morgan fingerprint density at radius 2 is 2.05 bits per heavy atom. The first-order valence-electron chi connectivity index (χ1n) is 7.05. The first-order chi connectivity index (χ1) is 10.1. The highest BCUT2D eigenvalue weighted by Crippen LogP contribution is 2.29. The molecule has 0 spiro atoms. The monoisotopic (exact) mass is 330 g/mol. The maximum atomic E-state index is 12.7. The summed E-state index contributed by atoms with van der Waals surface area (Å²) in [6.45, 7) is 4.73. The minimum atomic E-state index is -3.47. The first kappa shape index (κ1) is 16.6. The van der Waals surface area contributed by atoms with E-state index in [-0.39, 0.29) is 4.90 Å². The van der Waals surface area contributed by atoms with Crippen LogP contribution in [0.3, 0.4) is 0 Å². The van der Waals surface area contributed by atoms with Crippen LogP contribution in [-0.2, 0) is 16.6 Å². The molecule has 21 heavy (non-hydrogen) atoms. The Hall–Kier alpha value is -0.760. The van der Waals surface area contributed by atoms with Gasteiger partial charge in [0.25, 0.3) is 0 Å². The Labute approximate surface area is 131 Å². The van der Waals surface area contributed by atoms with E-state index in [1.165, 1.54) is 7.11 Å². The van der Waals surface area contributed by atoms with Crippen molar-refractivity contribution in [1.82, 2.24) is 9.62 Å². The molecule has 1 fully saturated rings. The first-order valence-corrected chi connectivity index (χ1v) is 9.64. The van der Waals surface area contributed by atoms with E-state index in [0.29, 0.717) is 25.4 Å². The van der Waals surface area contributed by atoms with E-state index in [4.69, 9.17) is 4.74 Å². The van der Waals surface area contributed by atoms with Crippen molar-refractivity contribution in [3.63, 3.8) is 0 Å². The summed E-state index contributed by atoms with van der Waals surface area (Å²) in [5.41, 5.74) is 1.02. The zero-order valence-electron chi connectivity index (χ0n) is 12.5. The Morgan fingerprint density at radius 1 is 1.33 bits per heavy atom. The number of sulfonamides is 1. The average Bonchev–Trinajstić information content (AvgIpc) is 2.53. The van der Waals surface area contributed by atoms with Crippen LogP contribution in [0.1, 0.15) is 12.5 Å². The van der Waals surface area contributed by atoms with Crippen LogP contribution in [0.15, 0.2) is 23.1 Å². The van der Waals surface area contributed by atoms with Crippen molar-refractivity contribution >= 4 is 21.8 Å². The van der Waals surface area contributed by atoms with Gasteiger partial charge in [-0.25, -0.2) is 8.42 Å². The number of methoxy groups -OCH3 is 1. The Kier molecular flexibility index (Phi) is 5.92. The SMILES string of the molecule is CCNCc1ccc(S(=O)(=O)N2CCSCC2)c(OC)c1. The molecule has 1 saturated heterocycles. The highest BCUT2D eigenvalue weighted by molar-refractivity contribution is 7.99. The standard InChI is InChI=1S/C14H22N2O3S2/c1-3-15-11-12-4-5-14(13(10-12)19-2)21(17,18)16-6-8-20-9-7-16/h4-5,10,15H,3,6-9,11H2,1-2H3. The molecular weight excluding hydrogens is 308 g/mol. The summed E-state index contributed by atoms with van der Waals surface area (Å²) >= 11 is 1.79. The quantitative estimate of drug-likeness (QED) is 0.857. The van der Waals surface area contributed by atoms with Crippen LogP contribution in [0.4, 0.5) is 0 Å². The zero-order valence-corrected chi connectivity index (χ0v) is 14.1. The molecule has 118 valence electrons. The van der Waals surface area contributed by atoms with E-state index in [9.17, 15) is 8.42 Å². The van der Waals surface area contributed by atoms with Gasteiger partial charge in [-0.1, -0.05) is 13.0 Å². The maximum Gasteiger partial charge on any atom is 0.246 e. The number of nitrogens with one attached hydrogen (secondary N) is 1. The number of hydrogen-bond acceptors (Lipinski definition) is 5. The molecule has 1 aromatic rings. The summed E-state index contributed by atoms with van der Waals surface area (Å²) in [5, 5.41) is 3.22. The fourth-order valence-corrected chi connectivity index (χ4v) is 4.94. The summed E-state index contributed by atoms with van der Waals surface area (Å²) in [5.74, 6) is 2.11. The highest BCUT2D eigenvalue weighted by atomic mass is 32.2. The third kappa shape index (κ3) is 3.91. The molecule has 0 atom stereocenters. The predicted octanol–water partition coefficient (Wildman–Crippen LogP) is 1.54. The van der Waals surface area contributed by atoms with Crippen LogP contribution < -0.4 is 10.1 Å². The third-order valence-corrected chi connectivity index (χ3v) is 6.28. The fourth-order valence-electron chi connectivity index (χ4n) is 2.23. The lowest BCUT2D eigenvalue weighted by atomic mass is 10.2. The number of hydrogen-bond donors (Lipinski definition) is 1. The molecular formula is C14H22N2O3S2. The Balaban J connectivity index is 2.29. The van der Waals surface area contributed by atoms with Crippen LogP contribution in [-0.4, -0.2) is 51.0 Å². The average molecular weight is 330 g/mol. The second-order valence-corrected chi connectivity index (χ2v) is 7.91. The van der Waals surface area contributed by atoms with Gasteiger partial charge in [0.05, 0.1) is 7.11 Å². The molecule has 2 rings (SSSR count). The van der Waals surface area contributed by atoms with Crippen molar-refractivity contribution in [2.75, 3.05) is 38.2 Å². The van der Waals surface area contributed by atoms with Gasteiger partial charge in [0.2, 0.25) is 10.0 Å².